The standard InChI is InChI=1S/C22H17N2.C5H8O2.Ir/c1-13-10-16-8-9-23-20-17-11-14-6-4-5-7-15(14)12-18(17)22(2,3)21(24-13)19(16)20;1-4(6)3-5(2)7;/h4-10,12H,1-3H3;3,6H,1-2H3;/q-1;;/b;4-3-;. The van der Waals surface area contributed by atoms with Crippen molar-refractivity contribution in [3.8, 4) is 11.3 Å². The van der Waals surface area contributed by atoms with Crippen LogP contribution in [-0.4, -0.2) is 20.9 Å². The Kier molecular flexibility index (Phi) is 6.64. The van der Waals surface area contributed by atoms with Crippen molar-refractivity contribution in [2.75, 3.05) is 0 Å². The molecule has 2 heterocycles. The van der Waals surface area contributed by atoms with Crippen LogP contribution in [0.2, 0.25) is 0 Å². The first kappa shape index (κ1) is 23.8. The van der Waals surface area contributed by atoms with Crippen molar-refractivity contribution in [2.45, 2.75) is 40.0 Å². The minimum Gasteiger partial charge on any atom is -0.512 e. The Morgan fingerprint density at radius 1 is 1.09 bits per heavy atom. The molecule has 1 N–H and O–H groups in total. The predicted octanol–water partition coefficient (Wildman–Crippen LogP) is 6.23. The second kappa shape index (κ2) is 8.93. The number of carbonyl (C=O) groups is 1. The van der Waals surface area contributed by atoms with Gasteiger partial charge in [-0.25, -0.2) is 0 Å². The molecule has 0 bridgehead atoms. The number of aryl methyl sites for hydroxylation is 1. The fourth-order valence-electron chi connectivity index (χ4n) is 4.25. The molecule has 5 heteroatoms. The number of aliphatic hydroxyl groups is 1. The molecule has 1 aliphatic carbocycles. The molecule has 4 aromatic rings. The molecule has 0 saturated heterocycles. The summed E-state index contributed by atoms with van der Waals surface area (Å²) < 4.78 is 0. The third-order valence-electron chi connectivity index (χ3n) is 5.58. The molecule has 0 aliphatic heterocycles. The van der Waals surface area contributed by atoms with Gasteiger partial charge in [0.15, 0.2) is 5.78 Å². The number of carbonyl (C=O) groups excluding carboxylic acids is 1. The summed E-state index contributed by atoms with van der Waals surface area (Å²) in [5.74, 6) is -0.0625. The summed E-state index contributed by atoms with van der Waals surface area (Å²) in [4.78, 5) is 19.6. The second-order valence-electron chi connectivity index (χ2n) is 8.54. The predicted molar refractivity (Wildman–Crippen MR) is 125 cm³/mol. The van der Waals surface area contributed by atoms with Crippen LogP contribution >= 0.6 is 0 Å². The summed E-state index contributed by atoms with van der Waals surface area (Å²) in [5.41, 5.74) is 5.38. The number of benzene rings is 2. The molecule has 0 amide bonds. The Labute approximate surface area is 201 Å². The number of allylic oxidation sites excluding steroid dienone is 2. The molecule has 0 saturated carbocycles. The first-order valence-electron chi connectivity index (χ1n) is 10.3. The van der Waals surface area contributed by atoms with Crippen molar-refractivity contribution in [1.29, 1.82) is 0 Å². The van der Waals surface area contributed by atoms with Crippen LogP contribution in [0.15, 0.2) is 60.5 Å². The molecular weight excluding hydrogens is 577 g/mol. The Hall–Kier alpha value is -2.88. The van der Waals surface area contributed by atoms with Gasteiger partial charge in [-0.05, 0) is 43.7 Å². The number of hydrogen-bond acceptors (Lipinski definition) is 4. The molecule has 32 heavy (non-hydrogen) atoms. The number of nitrogens with zero attached hydrogens (tertiary/aromatic N) is 2. The van der Waals surface area contributed by atoms with E-state index < -0.39 is 0 Å². The Balaban J connectivity index is 0.000000318. The van der Waals surface area contributed by atoms with Crippen molar-refractivity contribution >= 4 is 27.3 Å². The molecule has 0 unspecified atom stereocenters. The number of fused-ring (bicyclic) bond motifs is 3. The maximum absolute atomic E-state index is 10.0. The zero-order valence-corrected chi connectivity index (χ0v) is 21.2. The van der Waals surface area contributed by atoms with E-state index in [0.717, 1.165) is 28.0 Å². The monoisotopic (exact) mass is 602 g/mol. The van der Waals surface area contributed by atoms with Gasteiger partial charge in [0, 0.05) is 54.9 Å². The molecule has 165 valence electrons. The van der Waals surface area contributed by atoms with Gasteiger partial charge in [-0.15, -0.1) is 23.6 Å². The summed E-state index contributed by atoms with van der Waals surface area (Å²) in [7, 11) is 0. The molecule has 1 radical (unpaired) electrons. The van der Waals surface area contributed by atoms with Crippen LogP contribution in [0.5, 0.6) is 0 Å². The van der Waals surface area contributed by atoms with Gasteiger partial charge < -0.3 is 5.11 Å². The van der Waals surface area contributed by atoms with E-state index in [1.807, 2.05) is 6.20 Å². The van der Waals surface area contributed by atoms with Crippen LogP contribution in [-0.2, 0) is 30.3 Å². The summed E-state index contributed by atoms with van der Waals surface area (Å²) >= 11 is 0. The van der Waals surface area contributed by atoms with E-state index in [0.29, 0.717) is 0 Å². The molecule has 2 aromatic carbocycles. The van der Waals surface area contributed by atoms with Crippen molar-refractivity contribution in [1.82, 2.24) is 9.97 Å². The molecule has 5 rings (SSSR count). The number of rotatable bonds is 1. The zero-order chi connectivity index (χ0) is 22.3. The first-order chi connectivity index (χ1) is 14.7. The fourth-order valence-corrected chi connectivity index (χ4v) is 4.25. The molecule has 0 fully saturated rings. The van der Waals surface area contributed by atoms with E-state index >= 15 is 0 Å². The Morgan fingerprint density at radius 2 is 1.81 bits per heavy atom. The summed E-state index contributed by atoms with van der Waals surface area (Å²) in [5, 5.41) is 13.1. The zero-order valence-electron chi connectivity index (χ0n) is 18.8. The van der Waals surface area contributed by atoms with Gasteiger partial charge in [-0.1, -0.05) is 48.6 Å². The van der Waals surface area contributed by atoms with Crippen molar-refractivity contribution in [3.05, 3.63) is 83.5 Å². The van der Waals surface area contributed by atoms with Crippen molar-refractivity contribution in [3.63, 3.8) is 0 Å². The van der Waals surface area contributed by atoms with Crippen LogP contribution in [0.4, 0.5) is 0 Å². The number of pyridine rings is 2. The molecule has 1 aliphatic rings. The summed E-state index contributed by atoms with van der Waals surface area (Å²) in [6, 6.07) is 18.5. The van der Waals surface area contributed by atoms with Gasteiger partial charge in [-0.3, -0.25) is 14.8 Å². The topological polar surface area (TPSA) is 63.1 Å². The molecule has 0 atom stereocenters. The van der Waals surface area contributed by atoms with Crippen LogP contribution in [0.1, 0.15) is 44.6 Å². The third kappa shape index (κ3) is 4.23. The minimum absolute atomic E-state index is 0. The third-order valence-corrected chi connectivity index (χ3v) is 5.58. The average molecular weight is 602 g/mol. The van der Waals surface area contributed by atoms with Crippen molar-refractivity contribution < 1.29 is 30.0 Å². The minimum atomic E-state index is -0.170. The van der Waals surface area contributed by atoms with E-state index in [4.69, 9.17) is 15.1 Å². The second-order valence-corrected chi connectivity index (χ2v) is 8.54. The first-order valence-corrected chi connectivity index (χ1v) is 10.3. The SMILES string of the molecule is CC(=O)/C=C(/C)O.Cc1cc2ccnc3c2c(n1)C(C)(C)c1cc2ccccc2[c-]c1-3.[Ir]. The van der Waals surface area contributed by atoms with E-state index in [1.165, 1.54) is 41.6 Å². The maximum Gasteiger partial charge on any atom is 0.155 e. The molecule has 0 spiro atoms. The smallest absolute Gasteiger partial charge is 0.155 e. The van der Waals surface area contributed by atoms with E-state index in [-0.39, 0.29) is 37.1 Å². The molecule has 2 aromatic heterocycles. The van der Waals surface area contributed by atoms with Crippen LogP contribution in [0, 0.1) is 13.0 Å². The van der Waals surface area contributed by atoms with E-state index in [9.17, 15) is 4.79 Å². The Bertz CT molecular complexity index is 1370. The summed E-state index contributed by atoms with van der Waals surface area (Å²) in [6.07, 6.45) is 3.06. The van der Waals surface area contributed by atoms with Gasteiger partial charge in [0.2, 0.25) is 0 Å². The van der Waals surface area contributed by atoms with Crippen LogP contribution in [0.25, 0.3) is 32.8 Å². The average Bonchev–Trinajstić information content (AvgIpc) is 2.70. The summed E-state index contributed by atoms with van der Waals surface area (Å²) in [6.45, 7) is 9.42. The van der Waals surface area contributed by atoms with Gasteiger partial charge in [0.1, 0.15) is 0 Å². The number of hydrogen-bond donors (Lipinski definition) is 1. The number of aromatic nitrogens is 2. The maximum atomic E-state index is 10.0. The van der Waals surface area contributed by atoms with Gasteiger partial charge in [-0.2, -0.15) is 0 Å². The van der Waals surface area contributed by atoms with Gasteiger partial charge in [0.25, 0.3) is 0 Å². The Morgan fingerprint density at radius 3 is 2.47 bits per heavy atom. The molecule has 4 nitrogen and oxygen atoms in total. The fraction of sp³-hybridized carbons (Fsp3) is 0.222. The van der Waals surface area contributed by atoms with E-state index in [1.54, 1.807) is 0 Å². The largest absolute Gasteiger partial charge is 0.512 e. The number of aliphatic hydroxyl groups excluding tert-OH is 1. The quantitative estimate of drug-likeness (QED) is 0.160. The van der Waals surface area contributed by atoms with Gasteiger partial charge >= 0.3 is 0 Å². The normalized spacial score (nSPS) is 13.6. The van der Waals surface area contributed by atoms with Gasteiger partial charge in [0.05, 0.1) is 5.76 Å². The van der Waals surface area contributed by atoms with Crippen molar-refractivity contribution in [2.24, 2.45) is 0 Å². The molecular formula is C27H25IrN2O2-. The van der Waals surface area contributed by atoms with Crippen LogP contribution in [0.3, 0.4) is 0 Å². The number of ketones is 1. The van der Waals surface area contributed by atoms with Crippen LogP contribution < -0.4 is 0 Å². The van der Waals surface area contributed by atoms with E-state index in [2.05, 4.69) is 69.3 Å².